The molecule has 0 spiro atoms. The normalized spacial score (nSPS) is 12.5. The average molecular weight is 542 g/mol. The molecule has 5 nitrogen and oxygen atoms in total. The van der Waals surface area contributed by atoms with Crippen molar-refractivity contribution in [1.82, 2.24) is 10.2 Å². The van der Waals surface area contributed by atoms with E-state index in [-0.39, 0.29) is 31.0 Å². The lowest BCUT2D eigenvalue weighted by Crippen LogP contribution is -2.53. The molecule has 0 heterocycles. The smallest absolute Gasteiger partial charge is 0.261 e. The lowest BCUT2D eigenvalue weighted by atomic mass is 10.0. The fourth-order valence-corrected chi connectivity index (χ4v) is 4.20. The molecule has 7 heteroatoms. The zero-order chi connectivity index (χ0) is 26.8. The first kappa shape index (κ1) is 28.5. The lowest BCUT2D eigenvalue weighted by molar-refractivity contribution is -0.143. The number of rotatable bonds is 12. The van der Waals surface area contributed by atoms with Gasteiger partial charge in [0.15, 0.2) is 6.61 Å². The zero-order valence-corrected chi connectivity index (χ0v) is 23.1. The van der Waals surface area contributed by atoms with Gasteiger partial charge in [-0.05, 0) is 60.7 Å². The molecule has 0 fully saturated rings. The standard InChI is InChI=1S/C30H34Cl2N2O3/c1-4-21(3)33-30(36)28(18-23-9-7-6-8-10-23)34(19-24-13-16-26(31)27(32)17-24)29(35)20-37-25-14-11-22(5-2)12-15-25/h6-17,21,28H,4-5,18-20H2,1-3H3,(H,33,36)/t21-,28-/m0/s1. The van der Waals surface area contributed by atoms with E-state index in [0.29, 0.717) is 22.2 Å². The first-order valence-corrected chi connectivity index (χ1v) is 13.4. The predicted molar refractivity (Wildman–Crippen MR) is 150 cm³/mol. The third-order valence-electron chi connectivity index (χ3n) is 6.30. The van der Waals surface area contributed by atoms with Gasteiger partial charge >= 0.3 is 0 Å². The molecule has 0 saturated heterocycles. The van der Waals surface area contributed by atoms with E-state index in [9.17, 15) is 9.59 Å². The maximum Gasteiger partial charge on any atom is 0.261 e. The number of nitrogens with zero attached hydrogens (tertiary/aromatic N) is 1. The first-order chi connectivity index (χ1) is 17.8. The van der Waals surface area contributed by atoms with Gasteiger partial charge in [-0.2, -0.15) is 0 Å². The minimum absolute atomic E-state index is 0.0268. The van der Waals surface area contributed by atoms with Crippen LogP contribution in [-0.4, -0.2) is 35.4 Å². The summed E-state index contributed by atoms with van der Waals surface area (Å²) in [4.78, 5) is 28.7. The minimum Gasteiger partial charge on any atom is -0.484 e. The van der Waals surface area contributed by atoms with Gasteiger partial charge in [0.2, 0.25) is 5.91 Å². The molecule has 0 aliphatic rings. The summed E-state index contributed by atoms with van der Waals surface area (Å²) in [5, 5.41) is 3.88. The summed E-state index contributed by atoms with van der Waals surface area (Å²) in [5.41, 5.74) is 2.91. The van der Waals surface area contributed by atoms with E-state index in [1.54, 1.807) is 17.0 Å². The highest BCUT2D eigenvalue weighted by atomic mass is 35.5. The SMILES string of the molecule is CCc1ccc(OCC(=O)N(Cc2ccc(Cl)c(Cl)c2)[C@@H](Cc2ccccc2)C(=O)N[C@@H](C)CC)cc1. The number of benzene rings is 3. The Morgan fingerprint density at radius 2 is 1.57 bits per heavy atom. The van der Waals surface area contributed by atoms with E-state index < -0.39 is 6.04 Å². The van der Waals surface area contributed by atoms with Gasteiger partial charge in [-0.1, -0.05) is 85.6 Å². The Morgan fingerprint density at radius 3 is 2.19 bits per heavy atom. The van der Waals surface area contributed by atoms with Gasteiger partial charge in [-0.25, -0.2) is 0 Å². The van der Waals surface area contributed by atoms with Crippen LogP contribution in [0.4, 0.5) is 0 Å². The van der Waals surface area contributed by atoms with Crippen LogP contribution in [0.25, 0.3) is 0 Å². The zero-order valence-electron chi connectivity index (χ0n) is 21.5. The number of hydrogen-bond acceptors (Lipinski definition) is 3. The summed E-state index contributed by atoms with van der Waals surface area (Å²) in [7, 11) is 0. The number of halogens is 2. The molecule has 2 atom stereocenters. The van der Waals surface area contributed by atoms with Crippen molar-refractivity contribution in [3.05, 3.63) is 99.5 Å². The van der Waals surface area contributed by atoms with Crippen LogP contribution in [0.1, 0.15) is 43.9 Å². The van der Waals surface area contributed by atoms with Gasteiger partial charge in [-0.15, -0.1) is 0 Å². The highest BCUT2D eigenvalue weighted by Crippen LogP contribution is 2.24. The summed E-state index contributed by atoms with van der Waals surface area (Å²) in [6.07, 6.45) is 2.06. The number of carbonyl (C=O) groups excluding carboxylic acids is 2. The van der Waals surface area contributed by atoms with E-state index in [4.69, 9.17) is 27.9 Å². The van der Waals surface area contributed by atoms with Gasteiger partial charge in [-0.3, -0.25) is 9.59 Å². The van der Waals surface area contributed by atoms with E-state index >= 15 is 0 Å². The Labute approximate surface area is 229 Å². The van der Waals surface area contributed by atoms with Crippen LogP contribution >= 0.6 is 23.2 Å². The summed E-state index contributed by atoms with van der Waals surface area (Å²) in [6, 6.07) is 21.8. The lowest BCUT2D eigenvalue weighted by Gasteiger charge is -2.32. The number of carbonyl (C=O) groups is 2. The second-order valence-electron chi connectivity index (χ2n) is 9.08. The fourth-order valence-electron chi connectivity index (χ4n) is 3.88. The highest BCUT2D eigenvalue weighted by molar-refractivity contribution is 6.42. The van der Waals surface area contributed by atoms with Crippen molar-refractivity contribution in [3.63, 3.8) is 0 Å². The van der Waals surface area contributed by atoms with Crippen LogP contribution < -0.4 is 10.1 Å². The third-order valence-corrected chi connectivity index (χ3v) is 7.04. The van der Waals surface area contributed by atoms with Crippen LogP contribution in [-0.2, 0) is 29.0 Å². The molecule has 0 radical (unpaired) electrons. The van der Waals surface area contributed by atoms with Crippen molar-refractivity contribution in [2.24, 2.45) is 0 Å². The van der Waals surface area contributed by atoms with Crippen LogP contribution in [0.3, 0.4) is 0 Å². The van der Waals surface area contributed by atoms with Crippen LogP contribution in [0, 0.1) is 0 Å². The second-order valence-corrected chi connectivity index (χ2v) is 9.89. The van der Waals surface area contributed by atoms with Crippen molar-refractivity contribution in [1.29, 1.82) is 0 Å². The maximum atomic E-state index is 13.6. The topological polar surface area (TPSA) is 58.6 Å². The van der Waals surface area contributed by atoms with Crippen molar-refractivity contribution in [2.75, 3.05) is 6.61 Å². The molecule has 3 aromatic carbocycles. The van der Waals surface area contributed by atoms with Crippen LogP contribution in [0.15, 0.2) is 72.8 Å². The molecule has 0 bridgehead atoms. The molecule has 3 aromatic rings. The van der Waals surface area contributed by atoms with Crippen LogP contribution in [0.5, 0.6) is 5.75 Å². The van der Waals surface area contributed by atoms with Crippen molar-refractivity contribution in [2.45, 2.75) is 58.7 Å². The Kier molecular flexibility index (Phi) is 10.8. The van der Waals surface area contributed by atoms with Gasteiger partial charge < -0.3 is 15.0 Å². The largest absolute Gasteiger partial charge is 0.484 e. The molecule has 0 aromatic heterocycles. The first-order valence-electron chi connectivity index (χ1n) is 12.6. The number of nitrogens with one attached hydrogen (secondary N) is 1. The van der Waals surface area contributed by atoms with E-state index in [1.807, 2.05) is 74.5 Å². The summed E-state index contributed by atoms with van der Waals surface area (Å²) in [6.45, 7) is 6.02. The molecular weight excluding hydrogens is 507 g/mol. The van der Waals surface area contributed by atoms with E-state index in [0.717, 1.165) is 24.0 Å². The molecule has 0 aliphatic carbocycles. The highest BCUT2D eigenvalue weighted by Gasteiger charge is 2.31. The third kappa shape index (κ3) is 8.51. The number of amides is 2. The van der Waals surface area contributed by atoms with Crippen molar-refractivity contribution < 1.29 is 14.3 Å². The molecule has 3 rings (SSSR count). The Balaban J connectivity index is 1.91. The molecular formula is C30H34Cl2N2O3. The number of hydrogen-bond donors (Lipinski definition) is 1. The summed E-state index contributed by atoms with van der Waals surface area (Å²) in [5.74, 6) is 0.0912. The summed E-state index contributed by atoms with van der Waals surface area (Å²) < 4.78 is 5.84. The summed E-state index contributed by atoms with van der Waals surface area (Å²) >= 11 is 12.4. The van der Waals surface area contributed by atoms with Crippen molar-refractivity contribution >= 4 is 35.0 Å². The Hall–Kier alpha value is -3.02. The van der Waals surface area contributed by atoms with Gasteiger partial charge in [0, 0.05) is 19.0 Å². The molecule has 196 valence electrons. The average Bonchev–Trinajstić information content (AvgIpc) is 2.91. The number of ether oxygens (including phenoxy) is 1. The molecule has 2 amide bonds. The molecule has 0 saturated carbocycles. The van der Waals surface area contributed by atoms with Gasteiger partial charge in [0.1, 0.15) is 11.8 Å². The van der Waals surface area contributed by atoms with E-state index in [2.05, 4.69) is 12.2 Å². The van der Waals surface area contributed by atoms with Gasteiger partial charge in [0.25, 0.3) is 5.91 Å². The molecule has 0 unspecified atom stereocenters. The number of aryl methyl sites for hydroxylation is 1. The minimum atomic E-state index is -0.746. The predicted octanol–water partition coefficient (Wildman–Crippen LogP) is 6.49. The fraction of sp³-hybridized carbons (Fsp3) is 0.333. The molecule has 1 N–H and O–H groups in total. The Bertz CT molecular complexity index is 1170. The van der Waals surface area contributed by atoms with Gasteiger partial charge in [0.05, 0.1) is 10.0 Å². The Morgan fingerprint density at radius 1 is 0.892 bits per heavy atom. The maximum absolute atomic E-state index is 13.6. The monoisotopic (exact) mass is 540 g/mol. The van der Waals surface area contributed by atoms with E-state index in [1.165, 1.54) is 5.56 Å². The van der Waals surface area contributed by atoms with Crippen molar-refractivity contribution in [3.8, 4) is 5.75 Å². The molecule has 37 heavy (non-hydrogen) atoms. The molecule has 0 aliphatic heterocycles. The van der Waals surface area contributed by atoms with Crippen LogP contribution in [0.2, 0.25) is 10.0 Å². The second kappa shape index (κ2) is 14.1. The quantitative estimate of drug-likeness (QED) is 0.285.